The van der Waals surface area contributed by atoms with Gasteiger partial charge in [0.1, 0.15) is 5.75 Å². The van der Waals surface area contributed by atoms with Crippen LogP contribution in [-0.2, 0) is 6.42 Å². The molecular weight excluding hydrogens is 256 g/mol. The number of aromatic hydroxyl groups is 1. The second-order valence-electron chi connectivity index (χ2n) is 4.97. The summed E-state index contributed by atoms with van der Waals surface area (Å²) in [5.41, 5.74) is 3.60. The monoisotopic (exact) mass is 273 g/mol. The Balaban J connectivity index is 2.02. The molecule has 0 amide bonds. The third kappa shape index (κ3) is 2.39. The SMILES string of the molecule is Oc1ccc2c(c1)CCN[C@@H]2c1cccc([NH+](O)O)c1. The van der Waals surface area contributed by atoms with Crippen LogP contribution >= 0.6 is 0 Å². The van der Waals surface area contributed by atoms with E-state index in [2.05, 4.69) is 5.32 Å². The van der Waals surface area contributed by atoms with E-state index in [4.69, 9.17) is 0 Å². The highest BCUT2D eigenvalue weighted by atomic mass is 16.8. The van der Waals surface area contributed by atoms with Gasteiger partial charge in [-0.05, 0) is 40.5 Å². The van der Waals surface area contributed by atoms with E-state index in [1.54, 1.807) is 30.3 Å². The summed E-state index contributed by atoms with van der Waals surface area (Å²) in [7, 11) is 0. The Bertz CT molecular complexity index is 628. The number of benzene rings is 2. The number of phenols is 1. The lowest BCUT2D eigenvalue weighted by Crippen LogP contribution is -3.01. The minimum Gasteiger partial charge on any atom is -0.508 e. The fourth-order valence-electron chi connectivity index (χ4n) is 2.71. The summed E-state index contributed by atoms with van der Waals surface area (Å²) in [5, 5.41) is 30.7. The third-order valence-electron chi connectivity index (χ3n) is 3.66. The van der Waals surface area contributed by atoms with Crippen LogP contribution in [0.1, 0.15) is 22.7 Å². The molecule has 0 aromatic heterocycles. The third-order valence-corrected chi connectivity index (χ3v) is 3.66. The maximum absolute atomic E-state index is 9.57. The second-order valence-corrected chi connectivity index (χ2v) is 4.97. The summed E-state index contributed by atoms with van der Waals surface area (Å²) < 4.78 is 0. The van der Waals surface area contributed by atoms with Gasteiger partial charge in [-0.3, -0.25) is 0 Å². The molecule has 1 aliphatic rings. The number of rotatable bonds is 2. The molecule has 5 nitrogen and oxygen atoms in total. The van der Waals surface area contributed by atoms with E-state index < -0.39 is 5.23 Å². The Hall–Kier alpha value is -1.92. The molecule has 0 radical (unpaired) electrons. The quantitative estimate of drug-likeness (QED) is 0.527. The van der Waals surface area contributed by atoms with Crippen molar-refractivity contribution in [1.82, 2.24) is 5.32 Å². The zero-order chi connectivity index (χ0) is 14.1. The van der Waals surface area contributed by atoms with E-state index in [1.807, 2.05) is 12.1 Å². The molecule has 0 unspecified atom stereocenters. The van der Waals surface area contributed by atoms with Crippen molar-refractivity contribution >= 4 is 5.69 Å². The van der Waals surface area contributed by atoms with E-state index in [1.165, 1.54) is 0 Å². The van der Waals surface area contributed by atoms with Crippen molar-refractivity contribution in [1.29, 1.82) is 0 Å². The molecule has 20 heavy (non-hydrogen) atoms. The first-order valence-electron chi connectivity index (χ1n) is 6.55. The van der Waals surface area contributed by atoms with Crippen LogP contribution in [0.2, 0.25) is 0 Å². The smallest absolute Gasteiger partial charge is 0.197 e. The summed E-state index contributed by atoms with van der Waals surface area (Å²) in [6.45, 7) is 0.820. The maximum Gasteiger partial charge on any atom is 0.197 e. The molecule has 0 saturated heterocycles. The summed E-state index contributed by atoms with van der Waals surface area (Å²) in [6.07, 6.45) is 0.872. The lowest BCUT2D eigenvalue weighted by Gasteiger charge is -2.27. The van der Waals surface area contributed by atoms with Crippen LogP contribution in [0.4, 0.5) is 5.69 Å². The maximum atomic E-state index is 9.57. The van der Waals surface area contributed by atoms with Crippen LogP contribution in [0, 0.1) is 0 Å². The molecule has 2 aromatic rings. The van der Waals surface area contributed by atoms with E-state index in [-0.39, 0.29) is 11.8 Å². The van der Waals surface area contributed by atoms with Crippen molar-refractivity contribution < 1.29 is 20.7 Å². The Labute approximate surface area is 116 Å². The lowest BCUT2D eigenvalue weighted by molar-refractivity contribution is -1.19. The minimum atomic E-state index is -0.673. The Kier molecular flexibility index (Phi) is 3.42. The van der Waals surface area contributed by atoms with Crippen LogP contribution in [0.3, 0.4) is 0 Å². The van der Waals surface area contributed by atoms with Gasteiger partial charge in [-0.1, -0.05) is 18.2 Å². The molecule has 0 spiro atoms. The predicted octanol–water partition coefficient (Wildman–Crippen LogP) is 0.922. The zero-order valence-electron chi connectivity index (χ0n) is 10.9. The largest absolute Gasteiger partial charge is 0.508 e. The zero-order valence-corrected chi connectivity index (χ0v) is 10.9. The molecule has 0 fully saturated rings. The van der Waals surface area contributed by atoms with Gasteiger partial charge >= 0.3 is 0 Å². The molecule has 104 valence electrons. The van der Waals surface area contributed by atoms with Gasteiger partial charge in [0, 0.05) is 18.7 Å². The van der Waals surface area contributed by atoms with Gasteiger partial charge in [0.15, 0.2) is 5.69 Å². The Morgan fingerprint density at radius 3 is 2.75 bits per heavy atom. The highest BCUT2D eigenvalue weighted by Gasteiger charge is 2.22. The van der Waals surface area contributed by atoms with Crippen LogP contribution in [0.5, 0.6) is 5.75 Å². The molecular formula is C15H17N2O3+. The van der Waals surface area contributed by atoms with Crippen LogP contribution in [-0.4, -0.2) is 22.1 Å². The van der Waals surface area contributed by atoms with Gasteiger partial charge < -0.3 is 10.4 Å². The van der Waals surface area contributed by atoms with Gasteiger partial charge in [0.25, 0.3) is 0 Å². The second kappa shape index (κ2) is 5.22. The standard InChI is InChI=1S/C15H16N2O3/c18-13-4-5-14-10(9-13)6-7-16-15(14)11-2-1-3-12(8-11)17(19)20/h1-5,8-9,15-16,18-20H,6-7H2/p+1/t15-/m1/s1. The first-order valence-corrected chi connectivity index (χ1v) is 6.55. The summed E-state index contributed by atoms with van der Waals surface area (Å²) in [5.74, 6) is 0.277. The summed E-state index contributed by atoms with van der Waals surface area (Å²) in [4.78, 5) is 0. The fourth-order valence-corrected chi connectivity index (χ4v) is 2.71. The van der Waals surface area contributed by atoms with Crippen LogP contribution in [0.25, 0.3) is 0 Å². The van der Waals surface area contributed by atoms with Crippen molar-refractivity contribution in [2.45, 2.75) is 12.5 Å². The number of nitrogens with one attached hydrogen (secondary N) is 2. The molecule has 5 N–H and O–H groups in total. The molecule has 3 rings (SSSR count). The normalized spacial score (nSPS) is 18.1. The van der Waals surface area contributed by atoms with Crippen molar-refractivity contribution in [2.75, 3.05) is 6.54 Å². The fraction of sp³-hybridized carbons (Fsp3) is 0.200. The van der Waals surface area contributed by atoms with Crippen molar-refractivity contribution in [2.24, 2.45) is 0 Å². The number of quaternary nitrogens is 1. The molecule has 1 aliphatic heterocycles. The van der Waals surface area contributed by atoms with E-state index in [9.17, 15) is 15.5 Å². The Morgan fingerprint density at radius 2 is 1.95 bits per heavy atom. The van der Waals surface area contributed by atoms with E-state index in [0.717, 1.165) is 29.7 Å². The molecule has 1 heterocycles. The summed E-state index contributed by atoms with van der Waals surface area (Å²) >= 11 is 0. The average Bonchev–Trinajstić information content (AvgIpc) is 2.46. The molecule has 2 aromatic carbocycles. The van der Waals surface area contributed by atoms with Crippen molar-refractivity contribution in [3.8, 4) is 5.75 Å². The molecule has 0 saturated carbocycles. The number of hydrogen-bond donors (Lipinski definition) is 5. The van der Waals surface area contributed by atoms with Gasteiger partial charge in [-0.2, -0.15) is 10.4 Å². The minimum absolute atomic E-state index is 0.00125. The Morgan fingerprint density at radius 1 is 1.10 bits per heavy atom. The highest BCUT2D eigenvalue weighted by molar-refractivity contribution is 5.45. The topological polar surface area (TPSA) is 77.2 Å². The molecule has 0 aliphatic carbocycles. The molecule has 0 bridgehead atoms. The highest BCUT2D eigenvalue weighted by Crippen LogP contribution is 2.31. The van der Waals surface area contributed by atoms with E-state index in [0.29, 0.717) is 5.69 Å². The number of hydrogen-bond acceptors (Lipinski definition) is 4. The summed E-state index contributed by atoms with van der Waals surface area (Å²) in [6, 6.07) is 12.5. The van der Waals surface area contributed by atoms with Gasteiger partial charge in [0.2, 0.25) is 0 Å². The first-order chi connectivity index (χ1) is 9.65. The average molecular weight is 273 g/mol. The van der Waals surface area contributed by atoms with Crippen molar-refractivity contribution in [3.63, 3.8) is 0 Å². The van der Waals surface area contributed by atoms with Gasteiger partial charge in [-0.25, -0.2) is 0 Å². The first kappa shape index (κ1) is 13.1. The molecule has 1 atom stereocenters. The predicted molar refractivity (Wildman–Crippen MR) is 72.3 cm³/mol. The number of fused-ring (bicyclic) bond motifs is 1. The van der Waals surface area contributed by atoms with E-state index >= 15 is 0 Å². The lowest BCUT2D eigenvalue weighted by atomic mass is 9.89. The van der Waals surface area contributed by atoms with Crippen molar-refractivity contribution in [3.05, 3.63) is 59.2 Å². The van der Waals surface area contributed by atoms with Crippen LogP contribution in [0.15, 0.2) is 42.5 Å². The van der Waals surface area contributed by atoms with Gasteiger partial charge in [-0.15, -0.1) is 0 Å². The van der Waals surface area contributed by atoms with Crippen LogP contribution < -0.4 is 10.5 Å². The number of phenolic OH excluding ortho intramolecular Hbond substituents is 1. The molecule has 5 heteroatoms. The van der Waals surface area contributed by atoms with Gasteiger partial charge in [0.05, 0.1) is 6.04 Å².